The normalized spacial score (nSPS) is 9.64. The van der Waals surface area contributed by atoms with E-state index >= 15 is 0 Å². The summed E-state index contributed by atoms with van der Waals surface area (Å²) in [5, 5.41) is 5.57. The average Bonchev–Trinajstić information content (AvgIpc) is 2.59. The van der Waals surface area contributed by atoms with Gasteiger partial charge in [0.25, 0.3) is 0 Å². The number of nitrogens with one attached hydrogen (secondary N) is 2. The van der Waals surface area contributed by atoms with Crippen LogP contribution in [0.25, 0.3) is 0 Å². The fraction of sp³-hybridized carbons (Fsp3) is 0.818. The molecule has 0 saturated carbocycles. The van der Waals surface area contributed by atoms with Crippen LogP contribution in [0.5, 0.6) is 0 Å². The predicted octanol–water partition coefficient (Wildman–Crippen LogP) is 4.35. The van der Waals surface area contributed by atoms with E-state index in [1.165, 1.54) is 6.92 Å². The lowest BCUT2D eigenvalue weighted by Crippen LogP contribution is -2.28. The van der Waals surface area contributed by atoms with Gasteiger partial charge in [0.1, 0.15) is 11.6 Å². The Balaban J connectivity index is -0.00000312. The Bertz CT molecular complexity index is 436. The van der Waals surface area contributed by atoms with Gasteiger partial charge < -0.3 is 10.6 Å². The van der Waals surface area contributed by atoms with Crippen LogP contribution in [0.1, 0.15) is 106 Å². The summed E-state index contributed by atoms with van der Waals surface area (Å²) in [4.78, 5) is 44.9. The van der Waals surface area contributed by atoms with Gasteiger partial charge in [0.15, 0.2) is 0 Å². The summed E-state index contributed by atoms with van der Waals surface area (Å²) in [6, 6.07) is 0. The molecule has 0 bridgehead atoms. The Kier molecular flexibility index (Phi) is 23.9. The molecular formula is C22H44N2O4. The minimum absolute atomic E-state index is 0. The van der Waals surface area contributed by atoms with E-state index < -0.39 is 0 Å². The largest absolute Gasteiger partial charge is 0.356 e. The molecule has 0 aromatic carbocycles. The summed E-state index contributed by atoms with van der Waals surface area (Å²) >= 11 is 0. The molecule has 0 aliphatic heterocycles. The third-order valence-corrected chi connectivity index (χ3v) is 4.16. The van der Waals surface area contributed by atoms with E-state index in [2.05, 4.69) is 10.6 Å². The molecule has 2 amide bonds. The van der Waals surface area contributed by atoms with Gasteiger partial charge in [-0.05, 0) is 32.6 Å². The van der Waals surface area contributed by atoms with Crippen molar-refractivity contribution in [3.8, 4) is 0 Å². The predicted molar refractivity (Wildman–Crippen MR) is 116 cm³/mol. The lowest BCUT2D eigenvalue weighted by atomic mass is 10.1. The SMILES string of the molecule is C.C.CCC(=O)CCCCCCCCC(=O)NCCCCNC(=O)CC(C)=O. The molecule has 0 fully saturated rings. The number of Topliss-reactive ketones (excluding diaryl/α,β-unsaturated/α-hetero) is 2. The summed E-state index contributed by atoms with van der Waals surface area (Å²) in [6.45, 7) is 4.45. The smallest absolute Gasteiger partial charge is 0.227 e. The molecule has 0 unspecified atom stereocenters. The van der Waals surface area contributed by atoms with Crippen LogP contribution in [0, 0.1) is 0 Å². The van der Waals surface area contributed by atoms with Gasteiger partial charge in [0, 0.05) is 32.4 Å². The van der Waals surface area contributed by atoms with Gasteiger partial charge in [0.2, 0.25) is 11.8 Å². The lowest BCUT2D eigenvalue weighted by molar-refractivity contribution is -0.127. The molecule has 166 valence electrons. The maximum atomic E-state index is 11.7. The number of rotatable bonds is 17. The quantitative estimate of drug-likeness (QED) is 0.280. The first kappa shape index (κ1) is 31.0. The van der Waals surface area contributed by atoms with Crippen molar-refractivity contribution in [2.75, 3.05) is 13.1 Å². The third kappa shape index (κ3) is 22.3. The first-order valence-corrected chi connectivity index (χ1v) is 10.00. The van der Waals surface area contributed by atoms with Crippen molar-refractivity contribution in [3.05, 3.63) is 0 Å². The van der Waals surface area contributed by atoms with Crippen molar-refractivity contribution in [3.63, 3.8) is 0 Å². The molecule has 0 spiro atoms. The highest BCUT2D eigenvalue weighted by atomic mass is 16.2. The lowest BCUT2D eigenvalue weighted by Gasteiger charge is -2.06. The molecule has 6 heteroatoms. The second-order valence-electron chi connectivity index (χ2n) is 6.80. The first-order valence-electron chi connectivity index (χ1n) is 10.00. The van der Waals surface area contributed by atoms with Gasteiger partial charge in [-0.3, -0.25) is 19.2 Å². The molecule has 0 aromatic rings. The van der Waals surface area contributed by atoms with E-state index in [1.807, 2.05) is 6.92 Å². The van der Waals surface area contributed by atoms with Crippen LogP contribution in [0.15, 0.2) is 0 Å². The molecule has 0 radical (unpaired) electrons. The van der Waals surface area contributed by atoms with Crippen molar-refractivity contribution in [1.29, 1.82) is 0 Å². The van der Waals surface area contributed by atoms with Crippen LogP contribution in [0.3, 0.4) is 0 Å². The van der Waals surface area contributed by atoms with E-state index in [-0.39, 0.29) is 38.9 Å². The van der Waals surface area contributed by atoms with E-state index in [0.717, 1.165) is 51.4 Å². The van der Waals surface area contributed by atoms with Crippen LogP contribution < -0.4 is 10.6 Å². The Hall–Kier alpha value is -1.72. The zero-order chi connectivity index (χ0) is 19.6. The van der Waals surface area contributed by atoms with E-state index in [4.69, 9.17) is 0 Å². The van der Waals surface area contributed by atoms with Crippen LogP contribution in [0.4, 0.5) is 0 Å². The van der Waals surface area contributed by atoms with Gasteiger partial charge >= 0.3 is 0 Å². The molecule has 0 aliphatic carbocycles. The Morgan fingerprint density at radius 1 is 0.643 bits per heavy atom. The van der Waals surface area contributed by atoms with Crippen LogP contribution >= 0.6 is 0 Å². The summed E-state index contributed by atoms with van der Waals surface area (Å²) in [7, 11) is 0. The monoisotopic (exact) mass is 400 g/mol. The molecule has 0 heterocycles. The number of carbonyl (C=O) groups is 4. The zero-order valence-corrected chi connectivity index (χ0v) is 16.5. The Morgan fingerprint density at radius 3 is 1.61 bits per heavy atom. The highest BCUT2D eigenvalue weighted by Crippen LogP contribution is 2.09. The van der Waals surface area contributed by atoms with Gasteiger partial charge in [0.05, 0.1) is 6.42 Å². The maximum Gasteiger partial charge on any atom is 0.227 e. The topological polar surface area (TPSA) is 92.3 Å². The zero-order valence-electron chi connectivity index (χ0n) is 16.5. The van der Waals surface area contributed by atoms with E-state index in [0.29, 0.717) is 38.1 Å². The second kappa shape index (κ2) is 21.6. The number of amides is 2. The van der Waals surface area contributed by atoms with Crippen LogP contribution in [-0.2, 0) is 19.2 Å². The van der Waals surface area contributed by atoms with Gasteiger partial charge in [-0.1, -0.05) is 47.5 Å². The van der Waals surface area contributed by atoms with Gasteiger partial charge in [-0.15, -0.1) is 0 Å². The molecule has 0 aliphatic rings. The molecule has 28 heavy (non-hydrogen) atoms. The summed E-state index contributed by atoms with van der Waals surface area (Å²) < 4.78 is 0. The van der Waals surface area contributed by atoms with E-state index in [9.17, 15) is 19.2 Å². The maximum absolute atomic E-state index is 11.7. The number of hydrogen-bond acceptors (Lipinski definition) is 4. The fourth-order valence-corrected chi connectivity index (χ4v) is 2.57. The Morgan fingerprint density at radius 2 is 1.11 bits per heavy atom. The second-order valence-corrected chi connectivity index (χ2v) is 6.80. The minimum Gasteiger partial charge on any atom is -0.356 e. The first-order chi connectivity index (χ1) is 12.5. The van der Waals surface area contributed by atoms with Crippen molar-refractivity contribution < 1.29 is 19.2 Å². The highest BCUT2D eigenvalue weighted by Gasteiger charge is 2.04. The van der Waals surface area contributed by atoms with Gasteiger partial charge in [-0.2, -0.15) is 0 Å². The minimum atomic E-state index is -0.238. The molecular weight excluding hydrogens is 356 g/mol. The molecule has 2 N–H and O–H groups in total. The Labute approximate surface area is 172 Å². The summed E-state index contributed by atoms with van der Waals surface area (Å²) in [5.41, 5.74) is 0. The van der Waals surface area contributed by atoms with Crippen LogP contribution in [0.2, 0.25) is 0 Å². The molecule has 6 nitrogen and oxygen atoms in total. The molecule has 0 rings (SSSR count). The van der Waals surface area contributed by atoms with Crippen molar-refractivity contribution in [2.45, 2.75) is 106 Å². The number of carbonyl (C=O) groups excluding carboxylic acids is 4. The summed E-state index contributed by atoms with van der Waals surface area (Å²) in [5.74, 6) is 0.0547. The number of unbranched alkanes of at least 4 members (excludes halogenated alkanes) is 6. The highest BCUT2D eigenvalue weighted by molar-refractivity contribution is 5.96. The van der Waals surface area contributed by atoms with Crippen molar-refractivity contribution in [1.82, 2.24) is 10.6 Å². The standard InChI is InChI=1S/C20H36N2O4.2CH4/c1-3-18(24)12-8-6-4-5-7-9-13-19(25)21-14-10-11-15-22-20(26)16-17(2)23;;/h3-16H2,1-2H3,(H,21,25)(H,22,26);2*1H4. The average molecular weight is 401 g/mol. The third-order valence-electron chi connectivity index (χ3n) is 4.16. The fourth-order valence-electron chi connectivity index (χ4n) is 2.57. The molecule has 0 aromatic heterocycles. The van der Waals surface area contributed by atoms with Gasteiger partial charge in [-0.25, -0.2) is 0 Å². The summed E-state index contributed by atoms with van der Waals surface area (Å²) in [6.07, 6.45) is 9.73. The number of ketones is 2. The van der Waals surface area contributed by atoms with Crippen molar-refractivity contribution in [2.24, 2.45) is 0 Å². The van der Waals surface area contributed by atoms with E-state index in [1.54, 1.807) is 0 Å². The molecule has 0 atom stereocenters. The van der Waals surface area contributed by atoms with Crippen LogP contribution in [-0.4, -0.2) is 36.5 Å². The number of hydrogen-bond donors (Lipinski definition) is 2. The molecule has 0 saturated heterocycles. The van der Waals surface area contributed by atoms with Crippen molar-refractivity contribution >= 4 is 23.4 Å².